The van der Waals surface area contributed by atoms with Crippen LogP contribution in [0.1, 0.15) is 38.8 Å². The van der Waals surface area contributed by atoms with E-state index in [0.717, 1.165) is 66.8 Å². The first kappa shape index (κ1) is 29.4. The predicted octanol–water partition coefficient (Wildman–Crippen LogP) is 10.9. The maximum atomic E-state index is 9.63. The average Bonchev–Trinajstić information content (AvgIpc) is 3.17. The normalized spacial score (nSPS) is 17.2. The molecule has 1 fully saturated rings. The molecule has 0 aliphatic heterocycles. The van der Waals surface area contributed by atoms with Crippen molar-refractivity contribution in [2.24, 2.45) is 5.41 Å². The van der Waals surface area contributed by atoms with Crippen molar-refractivity contribution >= 4 is 11.1 Å². The van der Waals surface area contributed by atoms with Gasteiger partial charge >= 0.3 is 0 Å². The minimum atomic E-state index is -0.283. The van der Waals surface area contributed by atoms with E-state index in [0.29, 0.717) is 0 Å². The van der Waals surface area contributed by atoms with Gasteiger partial charge in [0.15, 0.2) is 0 Å². The molecule has 2 nitrogen and oxygen atoms in total. The highest BCUT2D eigenvalue weighted by Gasteiger charge is 2.39. The van der Waals surface area contributed by atoms with Gasteiger partial charge in [-0.2, -0.15) is 0 Å². The number of phenolic OH excluding ortho intramolecular Hbond substituents is 2. The number of allylic oxidation sites excluding steroid dienone is 10. The van der Waals surface area contributed by atoms with Crippen molar-refractivity contribution in [2.75, 3.05) is 0 Å². The highest BCUT2D eigenvalue weighted by Crippen LogP contribution is 2.53. The molecule has 43 heavy (non-hydrogen) atoms. The predicted molar refractivity (Wildman–Crippen MR) is 183 cm³/mol. The van der Waals surface area contributed by atoms with Crippen LogP contribution in [0.2, 0.25) is 0 Å². The summed E-state index contributed by atoms with van der Waals surface area (Å²) in [5, 5.41) is 19.3. The van der Waals surface area contributed by atoms with Crippen LogP contribution in [-0.2, 0) is 0 Å². The smallest absolute Gasteiger partial charge is 0.115 e. The van der Waals surface area contributed by atoms with E-state index in [-0.39, 0.29) is 16.9 Å². The van der Waals surface area contributed by atoms with E-state index in [2.05, 4.69) is 114 Å². The standard InChI is InChI=1S/C41H38O2/c1-7-29(31-9-13-33(14-10-31)35-17-21-37(42)22-18-35)25-39-27(3)28(4)40(41(39,5)6)26-30(8-2)32-11-15-34(16-12-32)36-19-23-38(43)24-20-36/h7-26,42-43H,3-4H2,1-2,5-6H3/b29-7+,30-8+,39-25+,40-26+. The molecule has 1 aliphatic carbocycles. The number of aromatic hydroxyl groups is 2. The SMILES string of the molecule is C=C1C(=C)/C(=C\C(=C/C)c2ccc(-c3ccc(O)cc3)cc2)C(C)(C)/C1=C/C(=C\C)c1ccc(-c2ccc(O)cc2)cc1. The van der Waals surface area contributed by atoms with Crippen molar-refractivity contribution in [3.63, 3.8) is 0 Å². The number of phenols is 2. The van der Waals surface area contributed by atoms with E-state index in [1.807, 2.05) is 24.3 Å². The molecular weight excluding hydrogens is 524 g/mol. The Balaban J connectivity index is 1.43. The third-order valence-electron chi connectivity index (χ3n) is 8.42. The van der Waals surface area contributed by atoms with Gasteiger partial charge in [-0.05, 0) is 105 Å². The Labute approximate surface area is 255 Å². The summed E-state index contributed by atoms with van der Waals surface area (Å²) < 4.78 is 0. The molecule has 0 saturated heterocycles. The molecule has 2 heteroatoms. The number of rotatable bonds is 6. The lowest BCUT2D eigenvalue weighted by Crippen LogP contribution is -2.11. The van der Waals surface area contributed by atoms with Crippen molar-refractivity contribution in [2.45, 2.75) is 27.7 Å². The van der Waals surface area contributed by atoms with Crippen LogP contribution in [0.3, 0.4) is 0 Å². The zero-order valence-electron chi connectivity index (χ0n) is 25.4. The minimum absolute atomic E-state index is 0.266. The van der Waals surface area contributed by atoms with Gasteiger partial charge in [0.05, 0.1) is 0 Å². The molecule has 0 unspecified atom stereocenters. The summed E-state index contributed by atoms with van der Waals surface area (Å²) in [7, 11) is 0. The van der Waals surface area contributed by atoms with Crippen LogP contribution in [0.25, 0.3) is 33.4 Å². The molecule has 0 bridgehead atoms. The number of hydrogen-bond donors (Lipinski definition) is 2. The van der Waals surface area contributed by atoms with Gasteiger partial charge < -0.3 is 10.2 Å². The van der Waals surface area contributed by atoms with E-state index in [1.54, 1.807) is 24.3 Å². The van der Waals surface area contributed by atoms with Crippen LogP contribution in [0.15, 0.2) is 157 Å². The van der Waals surface area contributed by atoms with Crippen molar-refractivity contribution in [3.8, 4) is 33.8 Å². The Morgan fingerprint density at radius 2 is 0.791 bits per heavy atom. The summed E-state index contributed by atoms with van der Waals surface area (Å²) in [6.45, 7) is 17.6. The van der Waals surface area contributed by atoms with Crippen molar-refractivity contribution in [1.29, 1.82) is 0 Å². The maximum absolute atomic E-state index is 9.63. The molecule has 0 spiro atoms. The van der Waals surface area contributed by atoms with Crippen molar-refractivity contribution in [1.82, 2.24) is 0 Å². The van der Waals surface area contributed by atoms with Crippen molar-refractivity contribution in [3.05, 3.63) is 168 Å². The Hall–Kier alpha value is -5.08. The molecule has 4 aromatic rings. The van der Waals surface area contributed by atoms with E-state index >= 15 is 0 Å². The molecule has 0 atom stereocenters. The molecule has 0 amide bonds. The third-order valence-corrected chi connectivity index (χ3v) is 8.42. The molecule has 214 valence electrons. The molecule has 1 aliphatic rings. The van der Waals surface area contributed by atoms with E-state index in [1.165, 1.54) is 0 Å². The topological polar surface area (TPSA) is 40.5 Å². The lowest BCUT2D eigenvalue weighted by atomic mass is 9.80. The minimum Gasteiger partial charge on any atom is -0.508 e. The summed E-state index contributed by atoms with van der Waals surface area (Å²) in [4.78, 5) is 0. The molecule has 0 radical (unpaired) electrons. The fourth-order valence-electron chi connectivity index (χ4n) is 5.76. The third kappa shape index (κ3) is 5.96. The van der Waals surface area contributed by atoms with Crippen LogP contribution >= 0.6 is 0 Å². The molecular formula is C41H38O2. The Bertz CT molecular complexity index is 1650. The first-order chi connectivity index (χ1) is 20.6. The van der Waals surface area contributed by atoms with Crippen LogP contribution in [0.4, 0.5) is 0 Å². The number of hydrogen-bond acceptors (Lipinski definition) is 2. The summed E-state index contributed by atoms with van der Waals surface area (Å²) in [6, 6.07) is 31.6. The molecule has 1 saturated carbocycles. The fourth-order valence-corrected chi connectivity index (χ4v) is 5.76. The lowest BCUT2D eigenvalue weighted by Gasteiger charge is -2.23. The van der Waals surface area contributed by atoms with Crippen molar-refractivity contribution < 1.29 is 10.2 Å². The van der Waals surface area contributed by atoms with Gasteiger partial charge in [0.2, 0.25) is 0 Å². The van der Waals surface area contributed by atoms with Gasteiger partial charge in [-0.15, -0.1) is 0 Å². The number of benzene rings is 4. The van der Waals surface area contributed by atoms with Gasteiger partial charge in [-0.1, -0.05) is 124 Å². The largest absolute Gasteiger partial charge is 0.508 e. The quantitative estimate of drug-likeness (QED) is 0.245. The highest BCUT2D eigenvalue weighted by atomic mass is 16.3. The van der Waals surface area contributed by atoms with Gasteiger partial charge in [0, 0.05) is 5.41 Å². The fraction of sp³-hybridized carbons (Fsp3) is 0.122. The average molecular weight is 563 g/mol. The highest BCUT2D eigenvalue weighted by molar-refractivity contribution is 5.84. The summed E-state index contributed by atoms with van der Waals surface area (Å²) in [5.41, 5.74) is 12.8. The van der Waals surface area contributed by atoms with Gasteiger partial charge in [0.25, 0.3) is 0 Å². The summed E-state index contributed by atoms with van der Waals surface area (Å²) in [5.74, 6) is 0.533. The molecule has 5 rings (SSSR count). The van der Waals surface area contributed by atoms with Gasteiger partial charge in [-0.25, -0.2) is 0 Å². The summed E-state index contributed by atoms with van der Waals surface area (Å²) >= 11 is 0. The molecule has 4 aromatic carbocycles. The molecule has 0 heterocycles. The van der Waals surface area contributed by atoms with Crippen LogP contribution in [0.5, 0.6) is 11.5 Å². The zero-order valence-corrected chi connectivity index (χ0v) is 25.4. The second-order valence-corrected chi connectivity index (χ2v) is 11.4. The Morgan fingerprint density at radius 1 is 0.512 bits per heavy atom. The van der Waals surface area contributed by atoms with E-state index in [4.69, 9.17) is 0 Å². The van der Waals surface area contributed by atoms with Crippen LogP contribution in [-0.4, -0.2) is 10.2 Å². The first-order valence-corrected chi connectivity index (χ1v) is 14.6. The van der Waals surface area contributed by atoms with Crippen LogP contribution < -0.4 is 0 Å². The van der Waals surface area contributed by atoms with Gasteiger partial charge in [-0.3, -0.25) is 0 Å². The Kier molecular flexibility index (Phi) is 8.23. The summed E-state index contributed by atoms with van der Waals surface area (Å²) in [6.07, 6.45) is 8.80. The lowest BCUT2D eigenvalue weighted by molar-refractivity contribution is 0.475. The zero-order chi connectivity index (χ0) is 30.7. The molecule has 2 N–H and O–H groups in total. The maximum Gasteiger partial charge on any atom is 0.115 e. The second-order valence-electron chi connectivity index (χ2n) is 11.4. The monoisotopic (exact) mass is 562 g/mol. The van der Waals surface area contributed by atoms with Crippen LogP contribution in [0, 0.1) is 5.41 Å². The second kappa shape index (κ2) is 12.0. The Morgan fingerprint density at radius 3 is 1.07 bits per heavy atom. The first-order valence-electron chi connectivity index (χ1n) is 14.6. The van der Waals surface area contributed by atoms with E-state index < -0.39 is 0 Å². The van der Waals surface area contributed by atoms with Gasteiger partial charge in [0.1, 0.15) is 11.5 Å². The molecule has 0 aromatic heterocycles. The van der Waals surface area contributed by atoms with E-state index in [9.17, 15) is 10.2 Å².